The summed E-state index contributed by atoms with van der Waals surface area (Å²) in [5, 5.41) is 21.7. The fourth-order valence-electron chi connectivity index (χ4n) is 1.77. The van der Waals surface area contributed by atoms with E-state index in [0.717, 1.165) is 38.6 Å². The second-order valence-corrected chi connectivity index (χ2v) is 4.34. The van der Waals surface area contributed by atoms with Crippen LogP contribution in [0.3, 0.4) is 0 Å². The van der Waals surface area contributed by atoms with Crippen LogP contribution in [0.5, 0.6) is 0 Å². The van der Waals surface area contributed by atoms with Crippen molar-refractivity contribution in [1.29, 1.82) is 0 Å². The summed E-state index contributed by atoms with van der Waals surface area (Å²) in [6.07, 6.45) is 4.98. The molecule has 0 aromatic heterocycles. The van der Waals surface area contributed by atoms with E-state index < -0.39 is 5.60 Å². The average Bonchev–Trinajstić information content (AvgIpc) is 2.64. The molecule has 0 radical (unpaired) electrons. The van der Waals surface area contributed by atoms with E-state index >= 15 is 0 Å². The SMILES string of the molecule is OCCCCCCNCC1(O)CCOC1. The number of ether oxygens (including phenoxy) is 1. The number of aliphatic hydroxyl groups is 2. The van der Waals surface area contributed by atoms with E-state index in [1.165, 1.54) is 0 Å². The average molecular weight is 217 g/mol. The summed E-state index contributed by atoms with van der Waals surface area (Å²) in [5.74, 6) is 0. The molecule has 1 saturated heterocycles. The minimum absolute atomic E-state index is 0.296. The Kier molecular flexibility index (Phi) is 6.17. The van der Waals surface area contributed by atoms with Crippen LogP contribution in [0.2, 0.25) is 0 Å². The minimum Gasteiger partial charge on any atom is -0.396 e. The monoisotopic (exact) mass is 217 g/mol. The highest BCUT2D eigenvalue weighted by atomic mass is 16.5. The van der Waals surface area contributed by atoms with Crippen molar-refractivity contribution in [2.24, 2.45) is 0 Å². The Balaban J connectivity index is 1.88. The number of hydrogen-bond donors (Lipinski definition) is 3. The van der Waals surface area contributed by atoms with E-state index in [-0.39, 0.29) is 0 Å². The van der Waals surface area contributed by atoms with Crippen LogP contribution in [0.4, 0.5) is 0 Å². The number of aliphatic hydroxyl groups excluding tert-OH is 1. The smallest absolute Gasteiger partial charge is 0.102 e. The van der Waals surface area contributed by atoms with Crippen molar-refractivity contribution in [3.05, 3.63) is 0 Å². The molecule has 4 nitrogen and oxygen atoms in total. The zero-order valence-corrected chi connectivity index (χ0v) is 9.37. The van der Waals surface area contributed by atoms with Gasteiger partial charge in [-0.1, -0.05) is 12.8 Å². The molecule has 4 heteroatoms. The molecule has 1 rings (SSSR count). The normalized spacial score (nSPS) is 26.0. The molecule has 1 atom stereocenters. The van der Waals surface area contributed by atoms with Gasteiger partial charge in [0.1, 0.15) is 5.60 Å². The van der Waals surface area contributed by atoms with Crippen molar-refractivity contribution in [3.8, 4) is 0 Å². The maximum atomic E-state index is 9.91. The first-order valence-corrected chi connectivity index (χ1v) is 5.88. The van der Waals surface area contributed by atoms with Gasteiger partial charge < -0.3 is 20.3 Å². The number of nitrogens with one attached hydrogen (secondary N) is 1. The van der Waals surface area contributed by atoms with Crippen molar-refractivity contribution < 1.29 is 14.9 Å². The van der Waals surface area contributed by atoms with E-state index in [4.69, 9.17) is 9.84 Å². The molecule has 0 bridgehead atoms. The first-order chi connectivity index (χ1) is 7.27. The van der Waals surface area contributed by atoms with Crippen LogP contribution in [-0.4, -0.2) is 48.7 Å². The van der Waals surface area contributed by atoms with Crippen molar-refractivity contribution in [1.82, 2.24) is 5.32 Å². The fraction of sp³-hybridized carbons (Fsp3) is 1.00. The molecule has 1 aliphatic rings. The van der Waals surface area contributed by atoms with Gasteiger partial charge in [0.25, 0.3) is 0 Å². The van der Waals surface area contributed by atoms with E-state index in [1.807, 2.05) is 0 Å². The van der Waals surface area contributed by atoms with Crippen LogP contribution in [0.1, 0.15) is 32.1 Å². The molecular weight excluding hydrogens is 194 g/mol. The summed E-state index contributed by atoms with van der Waals surface area (Å²) < 4.78 is 5.15. The van der Waals surface area contributed by atoms with Crippen LogP contribution in [0.15, 0.2) is 0 Å². The van der Waals surface area contributed by atoms with E-state index in [9.17, 15) is 5.11 Å². The standard InChI is InChI=1S/C11H23NO3/c13-7-4-2-1-3-6-12-9-11(14)5-8-15-10-11/h12-14H,1-10H2. The number of unbranched alkanes of at least 4 members (excludes halogenated alkanes) is 3. The third-order valence-electron chi connectivity index (χ3n) is 2.80. The van der Waals surface area contributed by atoms with Crippen molar-refractivity contribution in [2.45, 2.75) is 37.7 Å². The van der Waals surface area contributed by atoms with Gasteiger partial charge >= 0.3 is 0 Å². The molecule has 1 heterocycles. The highest BCUT2D eigenvalue weighted by molar-refractivity contribution is 4.84. The van der Waals surface area contributed by atoms with Crippen LogP contribution in [-0.2, 0) is 4.74 Å². The quantitative estimate of drug-likeness (QED) is 0.511. The van der Waals surface area contributed by atoms with Crippen LogP contribution >= 0.6 is 0 Å². The predicted molar refractivity (Wildman–Crippen MR) is 58.8 cm³/mol. The van der Waals surface area contributed by atoms with Gasteiger partial charge in [0.15, 0.2) is 0 Å². The van der Waals surface area contributed by atoms with E-state index in [0.29, 0.717) is 26.4 Å². The molecule has 1 unspecified atom stereocenters. The zero-order valence-electron chi connectivity index (χ0n) is 9.37. The Hall–Kier alpha value is -0.160. The molecule has 0 saturated carbocycles. The first kappa shape index (κ1) is 12.9. The summed E-state index contributed by atoms with van der Waals surface area (Å²) in [6.45, 7) is 3.00. The Labute approximate surface area is 91.6 Å². The molecular formula is C11H23NO3. The predicted octanol–water partition coefficient (Wildman–Crippen LogP) is 0.280. The molecule has 3 N–H and O–H groups in total. The maximum Gasteiger partial charge on any atom is 0.102 e. The Morgan fingerprint density at radius 3 is 2.67 bits per heavy atom. The Morgan fingerprint density at radius 2 is 2.00 bits per heavy atom. The van der Waals surface area contributed by atoms with Gasteiger partial charge in [-0.05, 0) is 19.4 Å². The molecule has 0 aliphatic carbocycles. The van der Waals surface area contributed by atoms with Gasteiger partial charge in [0.05, 0.1) is 6.61 Å². The zero-order chi connectivity index (χ0) is 11.0. The molecule has 0 amide bonds. The van der Waals surface area contributed by atoms with Gasteiger partial charge in [0.2, 0.25) is 0 Å². The van der Waals surface area contributed by atoms with Crippen molar-refractivity contribution >= 4 is 0 Å². The third kappa shape index (κ3) is 5.47. The van der Waals surface area contributed by atoms with Crippen molar-refractivity contribution in [3.63, 3.8) is 0 Å². The highest BCUT2D eigenvalue weighted by Crippen LogP contribution is 2.16. The molecule has 15 heavy (non-hydrogen) atoms. The lowest BCUT2D eigenvalue weighted by molar-refractivity contribution is 0.0272. The lowest BCUT2D eigenvalue weighted by Gasteiger charge is -2.20. The maximum absolute atomic E-state index is 9.91. The second-order valence-electron chi connectivity index (χ2n) is 4.34. The molecule has 1 fully saturated rings. The first-order valence-electron chi connectivity index (χ1n) is 5.88. The van der Waals surface area contributed by atoms with E-state index in [1.54, 1.807) is 0 Å². The third-order valence-corrected chi connectivity index (χ3v) is 2.80. The molecule has 0 aromatic carbocycles. The molecule has 90 valence electrons. The summed E-state index contributed by atoms with van der Waals surface area (Å²) in [7, 11) is 0. The lowest BCUT2D eigenvalue weighted by atomic mass is 10.0. The Morgan fingerprint density at radius 1 is 1.20 bits per heavy atom. The largest absolute Gasteiger partial charge is 0.396 e. The summed E-state index contributed by atoms with van der Waals surface area (Å²) in [6, 6.07) is 0. The number of hydrogen-bond acceptors (Lipinski definition) is 4. The molecule has 0 spiro atoms. The van der Waals surface area contributed by atoms with Crippen LogP contribution in [0.25, 0.3) is 0 Å². The van der Waals surface area contributed by atoms with Crippen LogP contribution in [0, 0.1) is 0 Å². The fourth-order valence-corrected chi connectivity index (χ4v) is 1.77. The summed E-state index contributed by atoms with van der Waals surface area (Å²) >= 11 is 0. The second kappa shape index (κ2) is 7.17. The summed E-state index contributed by atoms with van der Waals surface area (Å²) in [5.41, 5.74) is -0.634. The topological polar surface area (TPSA) is 61.7 Å². The van der Waals surface area contributed by atoms with Gasteiger partial charge in [-0.25, -0.2) is 0 Å². The molecule has 0 aromatic rings. The molecule has 1 aliphatic heterocycles. The van der Waals surface area contributed by atoms with Crippen molar-refractivity contribution in [2.75, 3.05) is 32.9 Å². The Bertz CT molecular complexity index is 158. The minimum atomic E-state index is -0.634. The van der Waals surface area contributed by atoms with Gasteiger partial charge in [-0.3, -0.25) is 0 Å². The van der Waals surface area contributed by atoms with E-state index in [2.05, 4.69) is 5.32 Å². The van der Waals surface area contributed by atoms with Crippen LogP contribution < -0.4 is 5.32 Å². The summed E-state index contributed by atoms with van der Waals surface area (Å²) in [4.78, 5) is 0. The van der Waals surface area contributed by atoms with Gasteiger partial charge in [0, 0.05) is 26.2 Å². The van der Waals surface area contributed by atoms with Gasteiger partial charge in [-0.15, -0.1) is 0 Å². The number of rotatable bonds is 8. The highest BCUT2D eigenvalue weighted by Gasteiger charge is 2.31. The lowest BCUT2D eigenvalue weighted by Crippen LogP contribution is -2.41. The van der Waals surface area contributed by atoms with Gasteiger partial charge in [-0.2, -0.15) is 0 Å².